The second-order valence-electron chi connectivity index (χ2n) is 4.96. The molecular weight excluding hydrogens is 344 g/mol. The van der Waals surface area contributed by atoms with E-state index in [0.29, 0.717) is 21.7 Å². The van der Waals surface area contributed by atoms with Crippen molar-refractivity contribution in [1.29, 1.82) is 0 Å². The van der Waals surface area contributed by atoms with Gasteiger partial charge >= 0.3 is 0 Å². The number of amidine groups is 1. The van der Waals surface area contributed by atoms with Crippen LogP contribution in [-0.2, 0) is 4.79 Å². The number of carbonyl (C=O) groups is 1. The van der Waals surface area contributed by atoms with Crippen molar-refractivity contribution in [3.63, 3.8) is 0 Å². The number of hydrogen-bond acceptors (Lipinski definition) is 4. The molecule has 3 rings (SSSR count). The van der Waals surface area contributed by atoms with E-state index in [9.17, 15) is 4.79 Å². The molecule has 0 aromatic heterocycles. The minimum absolute atomic E-state index is 0.153. The third-order valence-corrected chi connectivity index (χ3v) is 4.36. The van der Waals surface area contributed by atoms with Gasteiger partial charge in [0.05, 0.1) is 17.2 Å². The number of carbonyl (C=O) groups excluding carboxylic acids is 1. The lowest BCUT2D eigenvalue weighted by molar-refractivity contribution is -0.115. The van der Waals surface area contributed by atoms with Gasteiger partial charge in [-0.1, -0.05) is 23.7 Å². The van der Waals surface area contributed by atoms with E-state index < -0.39 is 0 Å². The van der Waals surface area contributed by atoms with Crippen molar-refractivity contribution in [2.75, 3.05) is 6.61 Å². The van der Waals surface area contributed by atoms with Crippen LogP contribution in [0.3, 0.4) is 0 Å². The van der Waals surface area contributed by atoms with E-state index in [1.807, 2.05) is 49.4 Å². The van der Waals surface area contributed by atoms with Crippen LogP contribution < -0.4 is 10.1 Å². The predicted octanol–water partition coefficient (Wildman–Crippen LogP) is 4.63. The number of ether oxygens (including phenoxy) is 1. The fraction of sp³-hybridized carbons (Fsp3) is 0.111. The lowest BCUT2D eigenvalue weighted by Gasteiger charge is -2.02. The zero-order valence-corrected chi connectivity index (χ0v) is 14.5. The molecule has 0 bridgehead atoms. The van der Waals surface area contributed by atoms with Gasteiger partial charge in [0.15, 0.2) is 5.17 Å². The van der Waals surface area contributed by atoms with Crippen LogP contribution in [0.2, 0.25) is 5.02 Å². The van der Waals surface area contributed by atoms with Gasteiger partial charge in [0.1, 0.15) is 5.75 Å². The van der Waals surface area contributed by atoms with Crippen molar-refractivity contribution in [2.24, 2.45) is 4.99 Å². The highest BCUT2D eigenvalue weighted by molar-refractivity contribution is 8.18. The number of halogens is 1. The van der Waals surface area contributed by atoms with Crippen LogP contribution in [0.1, 0.15) is 12.5 Å². The van der Waals surface area contributed by atoms with E-state index in [-0.39, 0.29) is 5.91 Å². The van der Waals surface area contributed by atoms with Crippen molar-refractivity contribution in [3.05, 3.63) is 64.0 Å². The van der Waals surface area contributed by atoms with Crippen LogP contribution >= 0.6 is 23.4 Å². The molecule has 0 radical (unpaired) electrons. The van der Waals surface area contributed by atoms with Gasteiger partial charge in [-0.25, -0.2) is 4.99 Å². The SMILES string of the molecule is CCOc1ccc(N=C2NC(=O)C(=Cc3ccc(Cl)cc3)S2)cc1. The summed E-state index contributed by atoms with van der Waals surface area (Å²) in [6.45, 7) is 2.56. The number of hydrogen-bond donors (Lipinski definition) is 1. The predicted molar refractivity (Wildman–Crippen MR) is 99.9 cm³/mol. The zero-order valence-electron chi connectivity index (χ0n) is 13.0. The zero-order chi connectivity index (χ0) is 16.9. The summed E-state index contributed by atoms with van der Waals surface area (Å²) < 4.78 is 5.40. The largest absolute Gasteiger partial charge is 0.494 e. The molecule has 1 amide bonds. The summed E-state index contributed by atoms with van der Waals surface area (Å²) in [6, 6.07) is 14.7. The van der Waals surface area contributed by atoms with E-state index in [4.69, 9.17) is 16.3 Å². The summed E-state index contributed by atoms with van der Waals surface area (Å²) in [7, 11) is 0. The third kappa shape index (κ3) is 4.19. The number of benzene rings is 2. The molecule has 1 heterocycles. The van der Waals surface area contributed by atoms with Crippen LogP contribution in [0.4, 0.5) is 5.69 Å². The molecule has 0 atom stereocenters. The summed E-state index contributed by atoms with van der Waals surface area (Å²) >= 11 is 7.18. The van der Waals surface area contributed by atoms with Gasteiger partial charge in [-0.3, -0.25) is 4.79 Å². The molecule has 0 saturated carbocycles. The van der Waals surface area contributed by atoms with Crippen molar-refractivity contribution < 1.29 is 9.53 Å². The minimum Gasteiger partial charge on any atom is -0.494 e. The molecule has 2 aromatic carbocycles. The van der Waals surface area contributed by atoms with Crippen molar-refractivity contribution in [2.45, 2.75) is 6.92 Å². The highest BCUT2D eigenvalue weighted by atomic mass is 35.5. The van der Waals surface area contributed by atoms with Gasteiger partial charge in [-0.05, 0) is 66.7 Å². The number of thioether (sulfide) groups is 1. The molecule has 4 nitrogen and oxygen atoms in total. The summed E-state index contributed by atoms with van der Waals surface area (Å²) in [5, 5.41) is 4.00. The van der Waals surface area contributed by atoms with Crippen molar-refractivity contribution in [1.82, 2.24) is 5.32 Å². The van der Waals surface area contributed by atoms with Crippen molar-refractivity contribution in [3.8, 4) is 5.75 Å². The number of rotatable bonds is 4. The Hall–Kier alpha value is -2.24. The molecule has 122 valence electrons. The Morgan fingerprint density at radius 2 is 1.88 bits per heavy atom. The lowest BCUT2D eigenvalue weighted by atomic mass is 10.2. The first-order valence-electron chi connectivity index (χ1n) is 7.42. The fourth-order valence-electron chi connectivity index (χ4n) is 2.09. The molecule has 0 spiro atoms. The number of nitrogens with zero attached hydrogens (tertiary/aromatic N) is 1. The molecule has 0 aliphatic carbocycles. The highest BCUT2D eigenvalue weighted by Gasteiger charge is 2.23. The molecule has 1 aliphatic heterocycles. The van der Waals surface area contributed by atoms with Gasteiger partial charge in [0.2, 0.25) is 0 Å². The van der Waals surface area contributed by atoms with Crippen LogP contribution in [0.15, 0.2) is 58.4 Å². The number of nitrogens with one attached hydrogen (secondary N) is 1. The standard InChI is InChI=1S/C18H15ClN2O2S/c1-2-23-15-9-7-14(8-10-15)20-18-21-17(22)16(24-18)11-12-3-5-13(19)6-4-12/h3-11H,2H2,1H3,(H,20,21,22). The molecule has 1 fully saturated rings. The van der Waals surface area contributed by atoms with E-state index in [1.165, 1.54) is 11.8 Å². The van der Waals surface area contributed by atoms with Gasteiger partial charge < -0.3 is 10.1 Å². The van der Waals surface area contributed by atoms with E-state index >= 15 is 0 Å². The first-order chi connectivity index (χ1) is 11.6. The molecule has 1 aliphatic rings. The Morgan fingerprint density at radius 3 is 2.54 bits per heavy atom. The van der Waals surface area contributed by atoms with E-state index in [2.05, 4.69) is 10.3 Å². The maximum atomic E-state index is 12.1. The maximum absolute atomic E-state index is 12.1. The topological polar surface area (TPSA) is 50.7 Å². The first-order valence-corrected chi connectivity index (χ1v) is 8.61. The number of aliphatic imine (C=N–C) groups is 1. The van der Waals surface area contributed by atoms with E-state index in [1.54, 1.807) is 12.1 Å². The highest BCUT2D eigenvalue weighted by Crippen LogP contribution is 2.28. The Balaban J connectivity index is 1.75. The summed E-state index contributed by atoms with van der Waals surface area (Å²) in [5.74, 6) is 0.646. The molecule has 6 heteroatoms. The van der Waals surface area contributed by atoms with Crippen LogP contribution in [0, 0.1) is 0 Å². The van der Waals surface area contributed by atoms with Crippen molar-refractivity contribution >= 4 is 46.2 Å². The molecule has 1 saturated heterocycles. The fourth-order valence-corrected chi connectivity index (χ4v) is 3.06. The monoisotopic (exact) mass is 358 g/mol. The summed E-state index contributed by atoms with van der Waals surface area (Å²) in [6.07, 6.45) is 1.82. The van der Waals surface area contributed by atoms with Gasteiger partial charge in [-0.2, -0.15) is 0 Å². The van der Waals surface area contributed by atoms with Crippen LogP contribution in [0.25, 0.3) is 6.08 Å². The van der Waals surface area contributed by atoms with E-state index in [0.717, 1.165) is 17.0 Å². The Labute approximate surface area is 149 Å². The minimum atomic E-state index is -0.153. The molecular formula is C18H15ClN2O2S. The molecule has 2 aromatic rings. The third-order valence-electron chi connectivity index (χ3n) is 3.20. The lowest BCUT2D eigenvalue weighted by Crippen LogP contribution is -2.19. The second-order valence-corrected chi connectivity index (χ2v) is 6.43. The van der Waals surface area contributed by atoms with Gasteiger partial charge in [0, 0.05) is 5.02 Å². The summed E-state index contributed by atoms with van der Waals surface area (Å²) in [4.78, 5) is 17.1. The van der Waals surface area contributed by atoms with Crippen LogP contribution in [-0.4, -0.2) is 17.7 Å². The quantitative estimate of drug-likeness (QED) is 0.810. The second kappa shape index (κ2) is 7.55. The molecule has 0 unspecified atom stereocenters. The van der Waals surface area contributed by atoms with Crippen LogP contribution in [0.5, 0.6) is 5.75 Å². The Bertz CT molecular complexity index is 799. The molecule has 1 N–H and O–H groups in total. The Morgan fingerprint density at radius 1 is 1.17 bits per heavy atom. The maximum Gasteiger partial charge on any atom is 0.264 e. The first kappa shape index (κ1) is 16.6. The van der Waals surface area contributed by atoms with Gasteiger partial charge in [0.25, 0.3) is 5.91 Å². The average Bonchev–Trinajstić information content (AvgIpc) is 2.91. The normalized spacial score (nSPS) is 17.3. The van der Waals surface area contributed by atoms with Gasteiger partial charge in [-0.15, -0.1) is 0 Å². The smallest absolute Gasteiger partial charge is 0.264 e. The summed E-state index contributed by atoms with van der Waals surface area (Å²) in [5.41, 5.74) is 1.67. The average molecular weight is 359 g/mol. The molecule has 24 heavy (non-hydrogen) atoms. The number of amides is 1. The Kier molecular flexibility index (Phi) is 5.23.